The van der Waals surface area contributed by atoms with Crippen LogP contribution >= 0.6 is 15.9 Å². The molecule has 0 aromatic heterocycles. The smallest absolute Gasteiger partial charge is 0.314 e. The van der Waals surface area contributed by atoms with E-state index in [4.69, 9.17) is 5.11 Å². The molecule has 1 N–H and O–H groups in total. The minimum Gasteiger partial charge on any atom is -0.481 e. The third kappa shape index (κ3) is 4.14. The fourth-order valence-electron chi connectivity index (χ4n) is 0.762. The van der Waals surface area contributed by atoms with E-state index >= 15 is 0 Å². The summed E-state index contributed by atoms with van der Waals surface area (Å²) >= 11 is 2.65. The van der Waals surface area contributed by atoms with Crippen LogP contribution in [0.5, 0.6) is 0 Å². The van der Waals surface area contributed by atoms with Crippen molar-refractivity contribution in [3.63, 3.8) is 0 Å². The summed E-state index contributed by atoms with van der Waals surface area (Å²) in [6, 6.07) is 0. The van der Waals surface area contributed by atoms with Gasteiger partial charge in [0.1, 0.15) is 5.92 Å². The van der Waals surface area contributed by atoms with Gasteiger partial charge in [0, 0.05) is 0 Å². The number of carbonyl (C=O) groups is 2. The van der Waals surface area contributed by atoms with Gasteiger partial charge in [0.05, 0.1) is 0 Å². The van der Waals surface area contributed by atoms with Crippen LogP contribution in [0.2, 0.25) is 0 Å². The van der Waals surface area contributed by atoms with E-state index in [0.717, 1.165) is 0 Å². The highest BCUT2D eigenvalue weighted by molar-refractivity contribution is 9.18. The van der Waals surface area contributed by atoms with Crippen molar-refractivity contribution in [1.82, 2.24) is 0 Å². The number of hydrogen-bond donors (Lipinski definition) is 1. The molecule has 0 rings (SSSR count). The maximum atomic E-state index is 10.7. The van der Waals surface area contributed by atoms with Gasteiger partial charge in [-0.15, -0.1) is 0 Å². The van der Waals surface area contributed by atoms with Gasteiger partial charge in [-0.1, -0.05) is 13.8 Å². The average molecular weight is 223 g/mol. The largest absolute Gasteiger partial charge is 0.481 e. The second kappa shape index (κ2) is 4.49. The van der Waals surface area contributed by atoms with Crippen LogP contribution in [0.4, 0.5) is 0 Å². The Morgan fingerprint density at radius 2 is 1.91 bits per heavy atom. The normalized spacial score (nSPS) is 13.1. The first-order valence-electron chi connectivity index (χ1n) is 3.37. The zero-order chi connectivity index (χ0) is 9.02. The van der Waals surface area contributed by atoms with Gasteiger partial charge in [-0.2, -0.15) is 0 Å². The predicted octanol–water partition coefficient (Wildman–Crippen LogP) is 1.65. The number of halogens is 1. The van der Waals surface area contributed by atoms with E-state index in [1.807, 2.05) is 13.8 Å². The van der Waals surface area contributed by atoms with Crippen molar-refractivity contribution in [3.05, 3.63) is 0 Å². The summed E-state index contributed by atoms with van der Waals surface area (Å²) in [7, 11) is 0. The van der Waals surface area contributed by atoms with Gasteiger partial charge in [0.2, 0.25) is 4.69 Å². The second-order valence-electron chi connectivity index (χ2n) is 2.82. The number of aliphatic carboxylic acids is 1. The summed E-state index contributed by atoms with van der Waals surface area (Å²) in [5, 5.41) is 8.54. The van der Waals surface area contributed by atoms with E-state index in [0.29, 0.717) is 6.42 Å². The van der Waals surface area contributed by atoms with E-state index in [9.17, 15) is 9.59 Å². The molecule has 1 unspecified atom stereocenters. The highest BCUT2D eigenvalue weighted by Crippen LogP contribution is 2.15. The molecular formula is C7H11BrO3. The Morgan fingerprint density at radius 3 is 2.00 bits per heavy atom. The van der Waals surface area contributed by atoms with Crippen molar-refractivity contribution in [2.24, 2.45) is 11.8 Å². The number of carboxylic acids is 1. The Balaban J connectivity index is 4.12. The van der Waals surface area contributed by atoms with Crippen molar-refractivity contribution >= 4 is 26.6 Å². The fourth-order valence-corrected chi connectivity index (χ4v) is 1.14. The topological polar surface area (TPSA) is 54.4 Å². The van der Waals surface area contributed by atoms with Gasteiger partial charge in [-0.25, -0.2) is 0 Å². The third-order valence-electron chi connectivity index (χ3n) is 1.28. The molecule has 11 heavy (non-hydrogen) atoms. The summed E-state index contributed by atoms with van der Waals surface area (Å²) in [4.78, 5) is 21.1. The molecule has 0 saturated carbocycles. The Morgan fingerprint density at radius 1 is 1.45 bits per heavy atom. The highest BCUT2D eigenvalue weighted by atomic mass is 79.9. The van der Waals surface area contributed by atoms with E-state index < -0.39 is 16.6 Å². The monoisotopic (exact) mass is 222 g/mol. The molecule has 0 aliphatic heterocycles. The molecule has 0 fully saturated rings. The first-order valence-corrected chi connectivity index (χ1v) is 4.16. The Labute approximate surface area is 73.9 Å². The van der Waals surface area contributed by atoms with Gasteiger partial charge < -0.3 is 5.11 Å². The third-order valence-corrected chi connectivity index (χ3v) is 1.83. The first kappa shape index (κ1) is 10.6. The van der Waals surface area contributed by atoms with Crippen molar-refractivity contribution < 1.29 is 14.7 Å². The molecule has 0 amide bonds. The van der Waals surface area contributed by atoms with Crippen molar-refractivity contribution in [1.29, 1.82) is 0 Å². The summed E-state index contributed by atoms with van der Waals surface area (Å²) in [6.07, 6.45) is 0.388. The highest BCUT2D eigenvalue weighted by Gasteiger charge is 2.24. The molecule has 0 bridgehead atoms. The molecule has 3 nitrogen and oxygen atoms in total. The van der Waals surface area contributed by atoms with Crippen LogP contribution in [0.1, 0.15) is 20.3 Å². The van der Waals surface area contributed by atoms with Crippen LogP contribution in [-0.4, -0.2) is 15.8 Å². The quantitative estimate of drug-likeness (QED) is 0.582. The Bertz CT molecular complexity index is 151. The minimum absolute atomic E-state index is 0.220. The fraction of sp³-hybridized carbons (Fsp3) is 0.714. The molecule has 0 saturated heterocycles. The van der Waals surface area contributed by atoms with Crippen molar-refractivity contribution in [2.75, 3.05) is 0 Å². The maximum Gasteiger partial charge on any atom is 0.314 e. The predicted molar refractivity (Wildman–Crippen MR) is 44.5 cm³/mol. The zero-order valence-electron chi connectivity index (χ0n) is 6.50. The summed E-state index contributed by atoms with van der Waals surface area (Å²) in [5.41, 5.74) is 0. The number of rotatable bonds is 4. The number of carboxylic acid groups (broad SMARTS) is 1. The maximum absolute atomic E-state index is 10.7. The lowest BCUT2D eigenvalue weighted by atomic mass is 9.99. The van der Waals surface area contributed by atoms with E-state index in [2.05, 4.69) is 15.9 Å². The lowest BCUT2D eigenvalue weighted by Gasteiger charge is -2.09. The Kier molecular flexibility index (Phi) is 4.33. The Hall–Kier alpha value is -0.380. The average Bonchev–Trinajstić information content (AvgIpc) is 1.81. The van der Waals surface area contributed by atoms with Crippen LogP contribution in [0.25, 0.3) is 0 Å². The van der Waals surface area contributed by atoms with Gasteiger partial charge >= 0.3 is 5.97 Å². The SMILES string of the molecule is CC(C)CC(C(=O)O)C(=O)Br. The lowest BCUT2D eigenvalue weighted by Crippen LogP contribution is -2.21. The van der Waals surface area contributed by atoms with Crippen LogP contribution in [0, 0.1) is 11.8 Å². The van der Waals surface area contributed by atoms with Gasteiger partial charge in [-0.05, 0) is 28.3 Å². The molecule has 0 radical (unpaired) electrons. The van der Waals surface area contributed by atoms with E-state index in [1.54, 1.807) is 0 Å². The molecule has 0 aromatic carbocycles. The molecule has 4 heteroatoms. The molecule has 0 aliphatic rings. The molecular weight excluding hydrogens is 212 g/mol. The van der Waals surface area contributed by atoms with Crippen LogP contribution in [0.3, 0.4) is 0 Å². The van der Waals surface area contributed by atoms with Crippen LogP contribution in [0.15, 0.2) is 0 Å². The standard InChI is InChI=1S/C7H11BrO3/c1-4(2)3-5(6(8)9)7(10)11/h4-5H,3H2,1-2H3,(H,10,11). The lowest BCUT2D eigenvalue weighted by molar-refractivity contribution is -0.144. The van der Waals surface area contributed by atoms with Gasteiger partial charge in [-0.3, -0.25) is 9.59 Å². The first-order chi connectivity index (χ1) is 4.95. The molecule has 0 spiro atoms. The summed E-state index contributed by atoms with van der Waals surface area (Å²) in [6.45, 7) is 3.76. The van der Waals surface area contributed by atoms with Gasteiger partial charge in [0.25, 0.3) is 0 Å². The van der Waals surface area contributed by atoms with Crippen molar-refractivity contribution in [2.45, 2.75) is 20.3 Å². The zero-order valence-corrected chi connectivity index (χ0v) is 8.09. The van der Waals surface area contributed by atoms with Crippen molar-refractivity contribution in [3.8, 4) is 0 Å². The second-order valence-corrected chi connectivity index (χ2v) is 3.61. The summed E-state index contributed by atoms with van der Waals surface area (Å²) < 4.78 is -0.446. The number of carbonyl (C=O) groups excluding carboxylic acids is 1. The molecule has 0 aliphatic carbocycles. The van der Waals surface area contributed by atoms with Crippen LogP contribution < -0.4 is 0 Å². The van der Waals surface area contributed by atoms with E-state index in [1.165, 1.54) is 0 Å². The van der Waals surface area contributed by atoms with E-state index in [-0.39, 0.29) is 5.92 Å². The molecule has 64 valence electrons. The minimum atomic E-state index is -1.06. The molecule has 1 atom stereocenters. The number of hydrogen-bond acceptors (Lipinski definition) is 2. The summed E-state index contributed by atoms with van der Waals surface area (Å²) in [5.74, 6) is -1.73. The molecule has 0 heterocycles. The van der Waals surface area contributed by atoms with Gasteiger partial charge in [0.15, 0.2) is 0 Å². The van der Waals surface area contributed by atoms with Crippen LogP contribution in [-0.2, 0) is 9.59 Å². The molecule has 0 aromatic rings.